The Bertz CT molecular complexity index is 876. The van der Waals surface area contributed by atoms with Gasteiger partial charge in [-0.25, -0.2) is 12.8 Å². The molecule has 126 valence electrons. The number of hydrogen-bond acceptors (Lipinski definition) is 4. The Morgan fingerprint density at radius 3 is 2.58 bits per heavy atom. The van der Waals surface area contributed by atoms with E-state index in [1.165, 1.54) is 18.2 Å². The van der Waals surface area contributed by atoms with Crippen LogP contribution in [0.5, 0.6) is 0 Å². The fourth-order valence-corrected chi connectivity index (χ4v) is 5.37. The van der Waals surface area contributed by atoms with Crippen molar-refractivity contribution in [3.63, 3.8) is 0 Å². The second-order valence-corrected chi connectivity index (χ2v) is 8.29. The molecule has 4 nitrogen and oxygen atoms in total. The minimum absolute atomic E-state index is 0.0373. The third-order valence-electron chi connectivity index (χ3n) is 4.81. The number of nitrogens with one attached hydrogen (secondary N) is 1. The second-order valence-electron chi connectivity index (χ2n) is 6.33. The molecular formula is C18H19FN2O2S. The summed E-state index contributed by atoms with van der Waals surface area (Å²) >= 11 is 0. The van der Waals surface area contributed by atoms with Gasteiger partial charge in [0.1, 0.15) is 5.82 Å². The van der Waals surface area contributed by atoms with Crippen LogP contribution in [0.3, 0.4) is 0 Å². The smallest absolute Gasteiger partial charge is 0.182 e. The molecule has 2 heterocycles. The van der Waals surface area contributed by atoms with Crippen LogP contribution < -0.4 is 5.32 Å². The highest BCUT2D eigenvalue weighted by Crippen LogP contribution is 2.40. The average Bonchev–Trinajstić information content (AvgIpc) is 2.66. The molecule has 1 saturated heterocycles. The summed E-state index contributed by atoms with van der Waals surface area (Å²) in [6, 6.07) is 11.4. The molecule has 0 radical (unpaired) electrons. The maximum atomic E-state index is 14.0. The normalized spacial score (nSPS) is 23.1. The van der Waals surface area contributed by atoms with Crippen LogP contribution in [0.2, 0.25) is 0 Å². The average molecular weight is 346 g/mol. The number of fused-ring (bicyclic) bond motifs is 2. The first kappa shape index (κ1) is 15.7. The van der Waals surface area contributed by atoms with Gasteiger partial charge in [-0.15, -0.1) is 0 Å². The molecule has 0 saturated carbocycles. The third-order valence-corrected chi connectivity index (χ3v) is 6.55. The minimum atomic E-state index is -3.49. The SMILES string of the molecule is O=S1(=O)Cc2ccccc2C(N2CCNCC2)c2cc(F)ccc21. The molecule has 1 atom stereocenters. The van der Waals surface area contributed by atoms with E-state index in [4.69, 9.17) is 0 Å². The van der Waals surface area contributed by atoms with Gasteiger partial charge >= 0.3 is 0 Å². The number of rotatable bonds is 1. The molecule has 6 heteroatoms. The van der Waals surface area contributed by atoms with Crippen molar-refractivity contribution in [2.24, 2.45) is 0 Å². The standard InChI is InChI=1S/C18H19FN2O2S/c19-14-5-6-17-16(11-14)18(21-9-7-20-8-10-21)15-4-2-1-3-13(15)12-24(17,22)23/h1-6,11,18,20H,7-10,12H2. The van der Waals surface area contributed by atoms with Crippen LogP contribution in [0, 0.1) is 5.82 Å². The zero-order valence-electron chi connectivity index (χ0n) is 13.2. The van der Waals surface area contributed by atoms with Gasteiger partial charge in [0.05, 0.1) is 16.7 Å². The highest BCUT2D eigenvalue weighted by atomic mass is 32.2. The maximum Gasteiger partial charge on any atom is 0.182 e. The molecular weight excluding hydrogens is 327 g/mol. The summed E-state index contributed by atoms with van der Waals surface area (Å²) in [5, 5.41) is 3.31. The van der Waals surface area contributed by atoms with E-state index in [-0.39, 0.29) is 16.7 Å². The minimum Gasteiger partial charge on any atom is -0.314 e. The predicted octanol–water partition coefficient (Wildman–Crippen LogP) is 2.11. The highest BCUT2D eigenvalue weighted by molar-refractivity contribution is 7.90. The Morgan fingerprint density at radius 2 is 1.79 bits per heavy atom. The largest absolute Gasteiger partial charge is 0.314 e. The van der Waals surface area contributed by atoms with Gasteiger partial charge in [0, 0.05) is 26.2 Å². The fraction of sp³-hybridized carbons (Fsp3) is 0.333. The lowest BCUT2D eigenvalue weighted by molar-refractivity contribution is 0.196. The van der Waals surface area contributed by atoms with E-state index in [9.17, 15) is 12.8 Å². The van der Waals surface area contributed by atoms with Crippen molar-refractivity contribution in [3.05, 3.63) is 65.0 Å². The molecule has 0 aromatic heterocycles. The third kappa shape index (κ3) is 2.64. The molecule has 2 aliphatic heterocycles. The van der Waals surface area contributed by atoms with Crippen molar-refractivity contribution >= 4 is 9.84 Å². The first-order valence-electron chi connectivity index (χ1n) is 8.11. The van der Waals surface area contributed by atoms with E-state index in [0.717, 1.165) is 37.3 Å². The molecule has 1 unspecified atom stereocenters. The molecule has 0 bridgehead atoms. The van der Waals surface area contributed by atoms with E-state index >= 15 is 0 Å². The van der Waals surface area contributed by atoms with Gasteiger partial charge in [0.25, 0.3) is 0 Å². The first-order chi connectivity index (χ1) is 11.6. The molecule has 1 fully saturated rings. The Kier molecular flexibility index (Phi) is 3.90. The van der Waals surface area contributed by atoms with E-state index in [1.807, 2.05) is 24.3 Å². The zero-order chi connectivity index (χ0) is 16.7. The van der Waals surface area contributed by atoms with Crippen LogP contribution in [-0.2, 0) is 15.6 Å². The first-order valence-corrected chi connectivity index (χ1v) is 9.76. The summed E-state index contributed by atoms with van der Waals surface area (Å²) in [6.45, 7) is 3.29. The number of nitrogens with zero attached hydrogens (tertiary/aromatic N) is 1. The van der Waals surface area contributed by atoms with E-state index in [1.54, 1.807) is 0 Å². The van der Waals surface area contributed by atoms with E-state index < -0.39 is 15.7 Å². The van der Waals surface area contributed by atoms with Gasteiger partial charge in [-0.1, -0.05) is 24.3 Å². The molecule has 2 aliphatic rings. The van der Waals surface area contributed by atoms with Crippen LogP contribution >= 0.6 is 0 Å². The lowest BCUT2D eigenvalue weighted by Gasteiger charge is -2.36. The summed E-state index contributed by atoms with van der Waals surface area (Å²) in [4.78, 5) is 2.50. The Hall–Kier alpha value is -1.76. The summed E-state index contributed by atoms with van der Waals surface area (Å²) in [6.07, 6.45) is 0. The zero-order valence-corrected chi connectivity index (χ0v) is 14.0. The van der Waals surface area contributed by atoms with Gasteiger partial charge in [-0.3, -0.25) is 4.90 Å². The number of halogens is 1. The number of benzene rings is 2. The summed E-state index contributed by atoms with van der Waals surface area (Å²) in [5.41, 5.74) is 2.33. The molecule has 1 N–H and O–H groups in total. The molecule has 0 aliphatic carbocycles. The predicted molar refractivity (Wildman–Crippen MR) is 90.0 cm³/mol. The summed E-state index contributed by atoms with van der Waals surface area (Å²) in [7, 11) is -3.49. The van der Waals surface area contributed by atoms with Gasteiger partial charge in [0.2, 0.25) is 0 Å². The highest BCUT2D eigenvalue weighted by Gasteiger charge is 2.35. The van der Waals surface area contributed by atoms with Crippen LogP contribution in [0.4, 0.5) is 4.39 Å². The van der Waals surface area contributed by atoms with Crippen molar-refractivity contribution in [2.75, 3.05) is 26.2 Å². The summed E-state index contributed by atoms with van der Waals surface area (Å²) in [5.74, 6) is -0.437. The van der Waals surface area contributed by atoms with Crippen LogP contribution in [0.1, 0.15) is 22.7 Å². The van der Waals surface area contributed by atoms with E-state index in [0.29, 0.717) is 5.56 Å². The molecule has 0 spiro atoms. The molecule has 2 aromatic rings. The summed E-state index contributed by atoms with van der Waals surface area (Å²) < 4.78 is 39.7. The maximum absolute atomic E-state index is 14.0. The fourth-order valence-electron chi connectivity index (χ4n) is 3.73. The van der Waals surface area contributed by atoms with E-state index in [2.05, 4.69) is 10.2 Å². The van der Waals surface area contributed by atoms with Gasteiger partial charge in [-0.2, -0.15) is 0 Å². The van der Waals surface area contributed by atoms with Crippen molar-refractivity contribution in [3.8, 4) is 0 Å². The lowest BCUT2D eigenvalue weighted by Crippen LogP contribution is -2.45. The Morgan fingerprint density at radius 1 is 1.04 bits per heavy atom. The molecule has 4 rings (SSSR count). The molecule has 2 aromatic carbocycles. The van der Waals surface area contributed by atoms with Crippen LogP contribution in [0.15, 0.2) is 47.4 Å². The second kappa shape index (κ2) is 5.95. The van der Waals surface area contributed by atoms with Gasteiger partial charge < -0.3 is 5.32 Å². The van der Waals surface area contributed by atoms with Crippen molar-refractivity contribution in [1.29, 1.82) is 0 Å². The number of piperazine rings is 1. The van der Waals surface area contributed by atoms with Gasteiger partial charge in [-0.05, 0) is 34.9 Å². The van der Waals surface area contributed by atoms with Crippen molar-refractivity contribution in [1.82, 2.24) is 10.2 Å². The Labute approximate surface area is 141 Å². The monoisotopic (exact) mass is 346 g/mol. The van der Waals surface area contributed by atoms with Crippen molar-refractivity contribution in [2.45, 2.75) is 16.7 Å². The van der Waals surface area contributed by atoms with Crippen molar-refractivity contribution < 1.29 is 12.8 Å². The van der Waals surface area contributed by atoms with Crippen LogP contribution in [0.25, 0.3) is 0 Å². The molecule has 24 heavy (non-hydrogen) atoms. The van der Waals surface area contributed by atoms with Gasteiger partial charge in [0.15, 0.2) is 9.84 Å². The lowest BCUT2D eigenvalue weighted by atomic mass is 9.93. The van der Waals surface area contributed by atoms with Crippen LogP contribution in [-0.4, -0.2) is 39.5 Å². The topological polar surface area (TPSA) is 49.4 Å². The quantitative estimate of drug-likeness (QED) is 0.804. The number of hydrogen-bond donors (Lipinski definition) is 1. The Balaban J connectivity index is 1.98. The number of sulfone groups is 1. The molecule has 0 amide bonds.